The molecule has 0 aliphatic carbocycles. The van der Waals surface area contributed by atoms with Crippen LogP contribution < -0.4 is 9.90 Å². The van der Waals surface area contributed by atoms with Crippen molar-refractivity contribution in [3.63, 3.8) is 0 Å². The van der Waals surface area contributed by atoms with Crippen molar-refractivity contribution in [1.82, 2.24) is 19.5 Å². The van der Waals surface area contributed by atoms with Crippen molar-refractivity contribution >= 4 is 22.3 Å². The van der Waals surface area contributed by atoms with Crippen LogP contribution in [0.1, 0.15) is 0 Å². The normalized spacial score (nSPS) is 11.7. The van der Waals surface area contributed by atoms with E-state index < -0.39 is 0 Å². The van der Waals surface area contributed by atoms with E-state index in [1.54, 1.807) is 0 Å². The van der Waals surface area contributed by atoms with Crippen LogP contribution in [-0.4, -0.2) is 19.5 Å². The Morgan fingerprint density at radius 1 is 0.396 bits per heavy atom. The van der Waals surface area contributed by atoms with Gasteiger partial charge in [-0.05, 0) is 54.6 Å². The number of aromatic nitrogens is 4. The second-order valence-corrected chi connectivity index (χ2v) is 12.9. The molecule has 1 aliphatic rings. The minimum Gasteiger partial charge on any atom is -0.375 e. The van der Waals surface area contributed by atoms with E-state index in [-0.39, 0.29) is 0 Å². The molecule has 2 aromatic heterocycles. The minimum atomic E-state index is 0.619. The molecule has 0 radical (unpaired) electrons. The minimum absolute atomic E-state index is 0.619. The molecular formula is C47H31N5O. The standard InChI is InChI=1S/C47H31N5O/c1-4-16-32(17-5-1)45-48-46(33-18-6-2-7-19-33)50-47(49-45)34-28-30-35(31-29-34)51-40-25-13-10-22-37(40)43-38-23-11-14-26-41(38)52(53-36-20-8-3-9-21-36)42-27-15-12-24-39(42)44(43)51/h1-31H. The molecule has 0 amide bonds. The highest BCUT2D eigenvalue weighted by Gasteiger charge is 2.31. The Bertz CT molecular complexity index is 2690. The van der Waals surface area contributed by atoms with Crippen LogP contribution in [0, 0.1) is 0 Å². The number of benzene rings is 7. The smallest absolute Gasteiger partial charge is 0.164 e. The first-order valence-electron chi connectivity index (χ1n) is 17.6. The first-order chi connectivity index (χ1) is 26.3. The molecule has 6 heteroatoms. The van der Waals surface area contributed by atoms with Gasteiger partial charge in [-0.15, -0.1) is 0 Å². The van der Waals surface area contributed by atoms with Crippen LogP contribution in [0.5, 0.6) is 5.75 Å². The van der Waals surface area contributed by atoms with Gasteiger partial charge in [0.15, 0.2) is 23.2 Å². The summed E-state index contributed by atoms with van der Waals surface area (Å²) in [7, 11) is 0. The van der Waals surface area contributed by atoms with Crippen molar-refractivity contribution in [3.8, 4) is 68.0 Å². The molecule has 0 atom stereocenters. The monoisotopic (exact) mass is 681 g/mol. The fourth-order valence-corrected chi connectivity index (χ4v) is 7.26. The summed E-state index contributed by atoms with van der Waals surface area (Å²) in [6.45, 7) is 0. The molecule has 3 heterocycles. The maximum atomic E-state index is 6.70. The van der Waals surface area contributed by atoms with Crippen LogP contribution in [-0.2, 0) is 0 Å². The highest BCUT2D eigenvalue weighted by Crippen LogP contribution is 2.52. The van der Waals surface area contributed by atoms with Crippen LogP contribution in [0.3, 0.4) is 0 Å². The predicted molar refractivity (Wildman–Crippen MR) is 213 cm³/mol. The molecule has 1 aliphatic heterocycles. The van der Waals surface area contributed by atoms with Gasteiger partial charge in [0.25, 0.3) is 0 Å². The van der Waals surface area contributed by atoms with Crippen molar-refractivity contribution in [2.24, 2.45) is 0 Å². The summed E-state index contributed by atoms with van der Waals surface area (Å²) < 4.78 is 2.37. The molecule has 0 unspecified atom stereocenters. The summed E-state index contributed by atoms with van der Waals surface area (Å²) in [5.74, 6) is 2.65. The third-order valence-corrected chi connectivity index (χ3v) is 9.67. The zero-order valence-electron chi connectivity index (χ0n) is 28.5. The van der Waals surface area contributed by atoms with Crippen molar-refractivity contribution in [3.05, 3.63) is 188 Å². The SMILES string of the molecule is c1ccc(ON2c3ccccc3-c3c(n(-c4ccc(-c5nc(-c6ccccc6)nc(-c6ccccc6)n5)cc4)c4ccccc34)-c3ccccc32)cc1. The zero-order chi connectivity index (χ0) is 35.1. The van der Waals surface area contributed by atoms with Crippen LogP contribution in [0.15, 0.2) is 188 Å². The van der Waals surface area contributed by atoms with E-state index >= 15 is 0 Å². The summed E-state index contributed by atoms with van der Waals surface area (Å²) in [5, 5.41) is 3.13. The molecule has 0 bridgehead atoms. The van der Waals surface area contributed by atoms with Gasteiger partial charge in [0.05, 0.1) is 22.6 Å². The summed E-state index contributed by atoms with van der Waals surface area (Å²) >= 11 is 0. The molecule has 0 saturated carbocycles. The second-order valence-electron chi connectivity index (χ2n) is 12.9. The Balaban J connectivity index is 1.16. The van der Waals surface area contributed by atoms with Crippen molar-refractivity contribution in [2.75, 3.05) is 5.06 Å². The van der Waals surface area contributed by atoms with Crippen molar-refractivity contribution < 1.29 is 4.84 Å². The third-order valence-electron chi connectivity index (χ3n) is 9.67. The van der Waals surface area contributed by atoms with Crippen LogP contribution in [0.4, 0.5) is 11.4 Å². The molecule has 10 rings (SSSR count). The Morgan fingerprint density at radius 3 is 1.49 bits per heavy atom. The largest absolute Gasteiger partial charge is 0.375 e. The molecule has 0 fully saturated rings. The van der Waals surface area contributed by atoms with E-state index in [1.807, 2.05) is 96.1 Å². The number of anilines is 2. The number of hydrogen-bond acceptors (Lipinski definition) is 5. The van der Waals surface area contributed by atoms with Gasteiger partial charge in [-0.2, -0.15) is 5.06 Å². The number of nitrogens with zero attached hydrogens (tertiary/aromatic N) is 5. The molecule has 7 aromatic carbocycles. The van der Waals surface area contributed by atoms with Crippen LogP contribution >= 0.6 is 0 Å². The molecule has 0 spiro atoms. The first-order valence-corrected chi connectivity index (χ1v) is 17.6. The first kappa shape index (κ1) is 30.5. The lowest BCUT2D eigenvalue weighted by atomic mass is 9.98. The Morgan fingerprint density at radius 2 is 0.868 bits per heavy atom. The number of para-hydroxylation sites is 4. The fraction of sp³-hybridized carbons (Fsp3) is 0. The third kappa shape index (κ3) is 5.32. The van der Waals surface area contributed by atoms with Crippen molar-refractivity contribution in [2.45, 2.75) is 0 Å². The second kappa shape index (κ2) is 12.8. The van der Waals surface area contributed by atoms with E-state index in [1.165, 1.54) is 0 Å². The summed E-state index contributed by atoms with van der Waals surface area (Å²) in [6.07, 6.45) is 0. The molecule has 6 nitrogen and oxygen atoms in total. The van der Waals surface area contributed by atoms with Crippen LogP contribution in [0.2, 0.25) is 0 Å². The molecule has 9 aromatic rings. The van der Waals surface area contributed by atoms with E-state index in [4.69, 9.17) is 19.8 Å². The summed E-state index contributed by atoms with van der Waals surface area (Å²) in [6, 6.07) is 64.2. The lowest BCUT2D eigenvalue weighted by Gasteiger charge is -2.26. The predicted octanol–water partition coefficient (Wildman–Crippen LogP) is 11.6. The lowest BCUT2D eigenvalue weighted by Crippen LogP contribution is -2.22. The topological polar surface area (TPSA) is 56.1 Å². The number of fused-ring (bicyclic) bond motifs is 7. The molecule has 0 N–H and O–H groups in total. The maximum absolute atomic E-state index is 6.70. The van der Waals surface area contributed by atoms with Gasteiger partial charge in [-0.1, -0.05) is 133 Å². The molecule has 0 saturated heterocycles. The van der Waals surface area contributed by atoms with Gasteiger partial charge in [0, 0.05) is 44.5 Å². The van der Waals surface area contributed by atoms with Crippen LogP contribution in [0.25, 0.3) is 73.1 Å². The van der Waals surface area contributed by atoms with Crippen molar-refractivity contribution in [1.29, 1.82) is 0 Å². The highest BCUT2D eigenvalue weighted by atomic mass is 16.7. The zero-order valence-corrected chi connectivity index (χ0v) is 28.5. The highest BCUT2D eigenvalue weighted by molar-refractivity contribution is 6.11. The average molecular weight is 682 g/mol. The van der Waals surface area contributed by atoms with Gasteiger partial charge in [0.1, 0.15) is 0 Å². The quantitative estimate of drug-likeness (QED) is 0.175. The molecule has 250 valence electrons. The average Bonchev–Trinajstić information content (AvgIpc) is 3.53. The van der Waals surface area contributed by atoms with Gasteiger partial charge in [-0.3, -0.25) is 0 Å². The maximum Gasteiger partial charge on any atom is 0.164 e. The fourth-order valence-electron chi connectivity index (χ4n) is 7.26. The molecule has 53 heavy (non-hydrogen) atoms. The summed E-state index contributed by atoms with van der Waals surface area (Å²) in [4.78, 5) is 21.5. The van der Waals surface area contributed by atoms with Gasteiger partial charge in [-0.25, -0.2) is 15.0 Å². The Kier molecular flexibility index (Phi) is 7.36. The molecular weight excluding hydrogens is 651 g/mol. The van der Waals surface area contributed by atoms with Gasteiger partial charge in [0.2, 0.25) is 0 Å². The lowest BCUT2D eigenvalue weighted by molar-refractivity contribution is 0.324. The van der Waals surface area contributed by atoms with Gasteiger partial charge < -0.3 is 9.40 Å². The number of rotatable bonds is 6. The Hall–Kier alpha value is -7.31. The van der Waals surface area contributed by atoms with E-state index in [2.05, 4.69) is 102 Å². The van der Waals surface area contributed by atoms with Gasteiger partial charge >= 0.3 is 0 Å². The summed E-state index contributed by atoms with van der Waals surface area (Å²) in [5.41, 5.74) is 11.3. The van der Waals surface area contributed by atoms with E-state index in [0.29, 0.717) is 17.5 Å². The van der Waals surface area contributed by atoms with E-state index in [0.717, 1.165) is 72.8 Å². The van der Waals surface area contributed by atoms with E-state index in [9.17, 15) is 0 Å². The Labute approximate surface area is 306 Å². The number of hydrogen-bond donors (Lipinski definition) is 0.